The van der Waals surface area contributed by atoms with Crippen molar-refractivity contribution < 1.29 is 37.3 Å². The number of carboxylic acid groups (broad SMARTS) is 1. The molecule has 0 saturated carbocycles. The number of nitrogens with one attached hydrogen (secondary N) is 1. The van der Waals surface area contributed by atoms with Crippen molar-refractivity contribution in [3.8, 4) is 34.4 Å². The van der Waals surface area contributed by atoms with E-state index in [1.54, 1.807) is 48.5 Å². The van der Waals surface area contributed by atoms with E-state index in [0.717, 1.165) is 37.9 Å². The molecule has 1 unspecified atom stereocenters. The van der Waals surface area contributed by atoms with Crippen molar-refractivity contribution in [2.24, 2.45) is 0 Å². The molecule has 1 aromatic heterocycles. The number of nitrogens with two attached hydrogens (primary N) is 1. The Balaban J connectivity index is 1.01. The summed E-state index contributed by atoms with van der Waals surface area (Å²) in [4.78, 5) is 30.9. The smallest absolute Gasteiger partial charge is 0.326 e. The highest BCUT2D eigenvalue weighted by Crippen LogP contribution is 2.42. The summed E-state index contributed by atoms with van der Waals surface area (Å²) in [5, 5.41) is 23.0. The monoisotopic (exact) mass is 909 g/mol. The molecule has 4 N–H and O–H groups in total. The Kier molecular flexibility index (Phi) is 12.1. The first-order valence-corrected chi connectivity index (χ1v) is 22.3. The molecule has 0 saturated heterocycles. The lowest BCUT2D eigenvalue weighted by Gasteiger charge is -2.36. The fraction of sp³-hybridized carbons (Fsp3) is 0.200. The summed E-state index contributed by atoms with van der Waals surface area (Å²) >= 11 is 13.0. The van der Waals surface area contributed by atoms with E-state index in [1.165, 1.54) is 6.92 Å². The topological polar surface area (TPSA) is 194 Å². The summed E-state index contributed by atoms with van der Waals surface area (Å²) < 4.78 is 48.3. The zero-order valence-corrected chi connectivity index (χ0v) is 36.0. The number of carbonyl (C=O) groups is 2. The minimum atomic E-state index is -4.38. The van der Waals surface area contributed by atoms with Gasteiger partial charge in [-0.2, -0.15) is 9.57 Å². The van der Waals surface area contributed by atoms with Gasteiger partial charge in [-0.05, 0) is 101 Å². The van der Waals surface area contributed by atoms with Gasteiger partial charge in [0.25, 0.3) is 10.0 Å². The van der Waals surface area contributed by atoms with Crippen LogP contribution in [0.15, 0.2) is 107 Å². The number of carboxylic acids is 1. The van der Waals surface area contributed by atoms with E-state index in [-0.39, 0.29) is 41.0 Å². The van der Waals surface area contributed by atoms with Crippen LogP contribution in [0.4, 0.5) is 5.13 Å². The van der Waals surface area contributed by atoms with E-state index < -0.39 is 40.1 Å². The van der Waals surface area contributed by atoms with E-state index in [2.05, 4.69) is 16.4 Å². The molecule has 3 atom stereocenters. The molecule has 0 radical (unpaired) electrons. The van der Waals surface area contributed by atoms with Crippen LogP contribution in [0, 0.1) is 18.3 Å². The summed E-state index contributed by atoms with van der Waals surface area (Å²) in [6.45, 7) is 1.77. The number of hydrogen-bond donors (Lipinski definition) is 3. The molecule has 2 aliphatic heterocycles. The van der Waals surface area contributed by atoms with Crippen molar-refractivity contribution in [3.63, 3.8) is 0 Å². The number of rotatable bonds is 12. The Morgan fingerprint density at radius 2 is 1.65 bits per heavy atom. The van der Waals surface area contributed by atoms with Gasteiger partial charge in [0, 0.05) is 13.0 Å². The molecule has 316 valence electrons. The zero-order chi connectivity index (χ0) is 43.7. The standard InChI is InChI=1S/C45H37Cl2N5O8S2/c1-25-44(61-45(49)50-25)62(56,57)52-22-33-20-40-39(59-24-41(60-40)31-11-13-34(14-12-31)58-23-28-6-15-35(46)36(47)16-28)19-32(33)18-38(52)42(53)51-37(43(54)55)17-26-2-7-29(8-3-26)30-9-4-27(21-48)5-10-30/h2-16,19-20,37-38,41H,17-18,22-24H2,1H3,(H2,49,50)(H,51,53)(H,54,55)/t37-,38+,41?/m1/s1. The number of fused-ring (bicyclic) bond motifs is 2. The van der Waals surface area contributed by atoms with Gasteiger partial charge in [-0.3, -0.25) is 4.79 Å². The van der Waals surface area contributed by atoms with Crippen molar-refractivity contribution in [2.75, 3.05) is 12.3 Å². The van der Waals surface area contributed by atoms with Gasteiger partial charge in [-0.1, -0.05) is 89.1 Å². The van der Waals surface area contributed by atoms with Gasteiger partial charge in [0.05, 0.1) is 27.4 Å². The number of ether oxygens (including phenoxy) is 3. The SMILES string of the molecule is Cc1nc(N)sc1S(=O)(=O)N1Cc2cc3c(cc2C[C@H]1C(=O)N[C@H](Cc1ccc(-c2ccc(C#N)cc2)cc1)C(=O)O)OCC(c1ccc(OCc2ccc(Cl)c(Cl)c2)cc1)O3. The molecule has 6 aromatic rings. The van der Waals surface area contributed by atoms with Gasteiger partial charge < -0.3 is 30.4 Å². The van der Waals surface area contributed by atoms with E-state index >= 15 is 0 Å². The fourth-order valence-electron chi connectivity index (χ4n) is 7.36. The average molecular weight is 911 g/mol. The van der Waals surface area contributed by atoms with Gasteiger partial charge in [0.2, 0.25) is 5.91 Å². The predicted octanol–water partition coefficient (Wildman–Crippen LogP) is 7.90. The molecule has 62 heavy (non-hydrogen) atoms. The lowest BCUT2D eigenvalue weighted by Crippen LogP contribution is -2.55. The number of benzene rings is 5. The highest BCUT2D eigenvalue weighted by molar-refractivity contribution is 7.91. The van der Waals surface area contributed by atoms with Gasteiger partial charge in [0.15, 0.2) is 26.9 Å². The van der Waals surface area contributed by atoms with Crippen LogP contribution in [0.25, 0.3) is 11.1 Å². The Bertz CT molecular complexity index is 2830. The number of aryl methyl sites for hydroxylation is 1. The minimum absolute atomic E-state index is 0.0485. The number of halogens is 2. The quantitative estimate of drug-likeness (QED) is 0.108. The lowest BCUT2D eigenvalue weighted by atomic mass is 9.94. The second kappa shape index (κ2) is 17.7. The van der Waals surface area contributed by atoms with Crippen molar-refractivity contribution in [3.05, 3.63) is 152 Å². The van der Waals surface area contributed by atoms with Gasteiger partial charge in [-0.15, -0.1) is 0 Å². The molecule has 3 heterocycles. The van der Waals surface area contributed by atoms with Crippen molar-refractivity contribution in [1.29, 1.82) is 5.26 Å². The molecule has 0 aliphatic carbocycles. The van der Waals surface area contributed by atoms with Crippen LogP contribution in [0.5, 0.6) is 17.2 Å². The highest BCUT2D eigenvalue weighted by atomic mass is 35.5. The van der Waals surface area contributed by atoms with Crippen LogP contribution in [0.1, 0.15) is 45.2 Å². The number of thiazole rings is 1. The number of sulfonamides is 1. The Labute approximate surface area is 371 Å². The van der Waals surface area contributed by atoms with Crippen molar-refractivity contribution in [2.45, 2.75) is 55.3 Å². The molecule has 8 rings (SSSR count). The maximum absolute atomic E-state index is 14.4. The summed E-state index contributed by atoms with van der Waals surface area (Å²) in [5.74, 6) is -0.611. The molecule has 1 amide bonds. The molecule has 13 nitrogen and oxygen atoms in total. The number of aromatic nitrogens is 1. The number of aliphatic carboxylic acids is 1. The highest BCUT2D eigenvalue weighted by Gasteiger charge is 2.43. The van der Waals surface area contributed by atoms with Crippen molar-refractivity contribution >= 4 is 61.6 Å². The number of amides is 1. The maximum Gasteiger partial charge on any atom is 0.326 e. The molecule has 2 aliphatic rings. The van der Waals surface area contributed by atoms with E-state index in [0.29, 0.717) is 56.2 Å². The van der Waals surface area contributed by atoms with Gasteiger partial charge >= 0.3 is 5.97 Å². The summed E-state index contributed by atoms with van der Waals surface area (Å²) in [7, 11) is -4.38. The third-order valence-corrected chi connectivity index (χ3v) is 14.8. The van der Waals surface area contributed by atoms with Crippen LogP contribution in [0.2, 0.25) is 10.0 Å². The minimum Gasteiger partial charge on any atom is -0.489 e. The van der Waals surface area contributed by atoms with Crippen LogP contribution in [-0.4, -0.2) is 53.4 Å². The lowest BCUT2D eigenvalue weighted by molar-refractivity contribution is -0.142. The Hall–Kier alpha value is -6.15. The third kappa shape index (κ3) is 9.06. The predicted molar refractivity (Wildman–Crippen MR) is 234 cm³/mol. The molecular weight excluding hydrogens is 874 g/mol. The van der Waals surface area contributed by atoms with Gasteiger partial charge in [-0.25, -0.2) is 18.2 Å². The first-order valence-electron chi connectivity index (χ1n) is 19.2. The number of anilines is 1. The first-order chi connectivity index (χ1) is 29.7. The molecular formula is C45H37Cl2N5O8S2. The number of nitriles is 1. The average Bonchev–Trinajstić information content (AvgIpc) is 3.63. The van der Waals surface area contributed by atoms with Gasteiger partial charge in [0.1, 0.15) is 31.0 Å². The van der Waals surface area contributed by atoms with Crippen LogP contribution < -0.4 is 25.3 Å². The Morgan fingerprint density at radius 3 is 2.29 bits per heavy atom. The van der Waals surface area contributed by atoms with Crippen LogP contribution in [-0.2, 0) is 45.6 Å². The molecule has 5 aromatic carbocycles. The molecule has 0 bridgehead atoms. The number of nitrogen functional groups attached to an aromatic ring is 1. The van der Waals surface area contributed by atoms with Crippen LogP contribution in [0.3, 0.4) is 0 Å². The molecule has 0 fully saturated rings. The second-order valence-electron chi connectivity index (χ2n) is 14.8. The third-order valence-electron chi connectivity index (χ3n) is 10.6. The van der Waals surface area contributed by atoms with Crippen molar-refractivity contribution in [1.82, 2.24) is 14.6 Å². The summed E-state index contributed by atoms with van der Waals surface area (Å²) in [6.07, 6.45) is -0.637. The fourth-order valence-corrected chi connectivity index (χ4v) is 10.7. The largest absolute Gasteiger partial charge is 0.489 e. The molecule has 17 heteroatoms. The maximum atomic E-state index is 14.4. The Morgan fingerprint density at radius 1 is 0.968 bits per heavy atom. The normalized spacial score (nSPS) is 16.4. The van der Waals surface area contributed by atoms with E-state index in [1.807, 2.05) is 54.6 Å². The number of hydrogen-bond acceptors (Lipinski definition) is 11. The molecule has 0 spiro atoms. The van der Waals surface area contributed by atoms with Crippen LogP contribution >= 0.6 is 34.5 Å². The summed E-state index contributed by atoms with van der Waals surface area (Å²) in [5.41, 5.74) is 11.9. The second-order valence-corrected chi connectivity index (χ2v) is 18.7. The van der Waals surface area contributed by atoms with E-state index in [4.69, 9.17) is 48.4 Å². The number of carbonyl (C=O) groups excluding carboxylic acids is 1. The first kappa shape index (κ1) is 42.5. The van der Waals surface area contributed by atoms with E-state index in [9.17, 15) is 23.1 Å². The zero-order valence-electron chi connectivity index (χ0n) is 32.9. The number of nitrogens with zero attached hydrogens (tertiary/aromatic N) is 3. The summed E-state index contributed by atoms with van der Waals surface area (Å²) in [6, 6.07) is 29.8.